The van der Waals surface area contributed by atoms with Crippen LogP contribution in [0, 0.1) is 13.8 Å². The van der Waals surface area contributed by atoms with Crippen LogP contribution in [0.3, 0.4) is 0 Å². The van der Waals surface area contributed by atoms with Gasteiger partial charge in [-0.1, -0.05) is 13.0 Å². The van der Waals surface area contributed by atoms with Crippen molar-refractivity contribution in [3.8, 4) is 0 Å². The van der Waals surface area contributed by atoms with E-state index >= 15 is 0 Å². The Morgan fingerprint density at radius 2 is 2.00 bits per heavy atom. The number of nitrogens with zero attached hydrogens (tertiary/aromatic N) is 4. The maximum atomic E-state index is 5.49. The third-order valence-electron chi connectivity index (χ3n) is 6.47. The van der Waals surface area contributed by atoms with Gasteiger partial charge in [-0.3, -0.25) is 5.01 Å². The summed E-state index contributed by atoms with van der Waals surface area (Å²) in [5, 5.41) is 4.78. The van der Waals surface area contributed by atoms with Crippen LogP contribution in [0.2, 0.25) is 0 Å². The van der Waals surface area contributed by atoms with Crippen molar-refractivity contribution in [2.75, 3.05) is 25.3 Å². The molecule has 1 aromatic rings. The van der Waals surface area contributed by atoms with Gasteiger partial charge in [0.05, 0.1) is 18.3 Å². The SMILES string of the molecule is CCC1CCC2=C(N1CCOC)N1C(=CC(C)N1c1c(C)cc(C)cc1Br)N=C2C. The number of methoxy groups -OCH3 is 1. The molecule has 0 N–H and O–H groups in total. The van der Waals surface area contributed by atoms with Crippen molar-refractivity contribution in [3.05, 3.63) is 51.0 Å². The van der Waals surface area contributed by atoms with Gasteiger partial charge in [-0.2, -0.15) is 0 Å². The second-order valence-electron chi connectivity index (χ2n) is 8.62. The largest absolute Gasteiger partial charge is 0.383 e. The first kappa shape index (κ1) is 21.4. The molecule has 0 aromatic heterocycles. The maximum absolute atomic E-state index is 5.49. The number of rotatable bonds is 5. The summed E-state index contributed by atoms with van der Waals surface area (Å²) >= 11 is 3.86. The van der Waals surface area contributed by atoms with Crippen molar-refractivity contribution in [2.45, 2.75) is 66.0 Å². The molecule has 0 aliphatic carbocycles. The lowest BCUT2D eigenvalue weighted by Gasteiger charge is -2.49. The van der Waals surface area contributed by atoms with Crippen LogP contribution < -0.4 is 5.01 Å². The van der Waals surface area contributed by atoms with Gasteiger partial charge in [-0.25, -0.2) is 10.0 Å². The zero-order chi connectivity index (χ0) is 21.6. The van der Waals surface area contributed by atoms with E-state index in [4.69, 9.17) is 9.73 Å². The fourth-order valence-corrected chi connectivity index (χ4v) is 5.96. The van der Waals surface area contributed by atoms with Gasteiger partial charge in [0.1, 0.15) is 5.82 Å². The zero-order valence-corrected chi connectivity index (χ0v) is 20.6. The van der Waals surface area contributed by atoms with Crippen molar-refractivity contribution in [3.63, 3.8) is 0 Å². The first-order valence-electron chi connectivity index (χ1n) is 11.0. The monoisotopic (exact) mass is 472 g/mol. The molecule has 0 radical (unpaired) electrons. The Kier molecular flexibility index (Phi) is 5.99. The standard InChI is InChI=1S/C24H33BrN4O/c1-7-19-8-9-20-18(5)26-22-14-17(4)28(23-16(3)12-15(2)13-21(23)25)29(22)24(20)27(19)10-11-30-6/h12-14,17,19H,7-11H2,1-6H3. The Labute approximate surface area is 189 Å². The fraction of sp³-hybridized carbons (Fsp3) is 0.542. The number of hydrogen-bond acceptors (Lipinski definition) is 5. The molecule has 3 aliphatic rings. The van der Waals surface area contributed by atoms with Gasteiger partial charge in [0.2, 0.25) is 0 Å². The highest BCUT2D eigenvalue weighted by atomic mass is 79.9. The minimum atomic E-state index is 0.215. The summed E-state index contributed by atoms with van der Waals surface area (Å²) in [5.74, 6) is 2.32. The number of benzene rings is 1. The molecule has 3 aliphatic heterocycles. The molecule has 30 heavy (non-hydrogen) atoms. The molecule has 162 valence electrons. The minimum absolute atomic E-state index is 0.215. The molecular formula is C24H33BrN4O. The molecule has 5 nitrogen and oxygen atoms in total. The van der Waals surface area contributed by atoms with E-state index in [2.05, 4.69) is 83.7 Å². The molecule has 0 amide bonds. The van der Waals surface area contributed by atoms with E-state index in [0.29, 0.717) is 6.04 Å². The average Bonchev–Trinajstić information content (AvgIpc) is 3.00. The summed E-state index contributed by atoms with van der Waals surface area (Å²) in [6.07, 6.45) is 5.66. The van der Waals surface area contributed by atoms with Crippen LogP contribution in [-0.2, 0) is 4.74 Å². The summed E-state index contributed by atoms with van der Waals surface area (Å²) < 4.78 is 6.62. The van der Waals surface area contributed by atoms with Crippen LogP contribution in [0.25, 0.3) is 0 Å². The number of hydrogen-bond donors (Lipinski definition) is 0. The minimum Gasteiger partial charge on any atom is -0.383 e. The molecule has 4 rings (SSSR count). The van der Waals surface area contributed by atoms with E-state index in [-0.39, 0.29) is 6.04 Å². The molecule has 1 aromatic carbocycles. The number of aryl methyl sites for hydroxylation is 2. The number of hydrazine groups is 1. The van der Waals surface area contributed by atoms with Crippen molar-refractivity contribution >= 4 is 27.3 Å². The molecule has 3 heterocycles. The van der Waals surface area contributed by atoms with Crippen LogP contribution in [-0.4, -0.2) is 48.0 Å². The van der Waals surface area contributed by atoms with E-state index in [1.165, 1.54) is 34.6 Å². The Morgan fingerprint density at radius 3 is 2.67 bits per heavy atom. The zero-order valence-electron chi connectivity index (χ0n) is 19.0. The Bertz CT molecular complexity index is 912. The smallest absolute Gasteiger partial charge is 0.152 e. The quantitative estimate of drug-likeness (QED) is 0.562. The topological polar surface area (TPSA) is 31.3 Å². The maximum Gasteiger partial charge on any atom is 0.152 e. The van der Waals surface area contributed by atoms with Crippen LogP contribution in [0.1, 0.15) is 51.2 Å². The van der Waals surface area contributed by atoms with Crippen molar-refractivity contribution in [1.82, 2.24) is 9.91 Å². The molecule has 0 spiro atoms. The number of halogens is 1. The number of allylic oxidation sites excluding steroid dienone is 1. The van der Waals surface area contributed by atoms with E-state index in [1.807, 2.05) is 0 Å². The molecule has 6 heteroatoms. The number of ether oxygens (including phenoxy) is 1. The predicted molar refractivity (Wildman–Crippen MR) is 128 cm³/mol. The van der Waals surface area contributed by atoms with Gasteiger partial charge < -0.3 is 9.64 Å². The lowest BCUT2D eigenvalue weighted by Crippen LogP contribution is -2.53. The highest BCUT2D eigenvalue weighted by molar-refractivity contribution is 9.10. The van der Waals surface area contributed by atoms with Gasteiger partial charge in [-0.05, 0) is 86.2 Å². The number of aliphatic imine (C=N–C) groups is 1. The molecule has 2 atom stereocenters. The first-order valence-corrected chi connectivity index (χ1v) is 11.8. The van der Waals surface area contributed by atoms with Crippen molar-refractivity contribution in [1.29, 1.82) is 0 Å². The first-order chi connectivity index (χ1) is 14.4. The molecule has 0 bridgehead atoms. The second-order valence-corrected chi connectivity index (χ2v) is 9.47. The molecule has 2 unspecified atom stereocenters. The van der Waals surface area contributed by atoms with Crippen LogP contribution in [0.5, 0.6) is 0 Å². The summed E-state index contributed by atoms with van der Waals surface area (Å²) in [6.45, 7) is 12.7. The van der Waals surface area contributed by atoms with Crippen LogP contribution >= 0.6 is 15.9 Å². The van der Waals surface area contributed by atoms with E-state index < -0.39 is 0 Å². The lowest BCUT2D eigenvalue weighted by atomic mass is 9.93. The third-order valence-corrected chi connectivity index (χ3v) is 7.08. The molecular weight excluding hydrogens is 440 g/mol. The van der Waals surface area contributed by atoms with Gasteiger partial charge in [0.25, 0.3) is 0 Å². The van der Waals surface area contributed by atoms with E-state index in [0.717, 1.165) is 42.0 Å². The van der Waals surface area contributed by atoms with Gasteiger partial charge in [0, 0.05) is 35.5 Å². The van der Waals surface area contributed by atoms with Gasteiger partial charge >= 0.3 is 0 Å². The summed E-state index contributed by atoms with van der Waals surface area (Å²) in [7, 11) is 1.79. The van der Waals surface area contributed by atoms with Crippen molar-refractivity contribution < 1.29 is 4.74 Å². The Hall–Kier alpha value is -1.79. The summed E-state index contributed by atoms with van der Waals surface area (Å²) in [6, 6.07) is 5.20. The second kappa shape index (κ2) is 8.39. The normalized spacial score (nSPS) is 23.5. The third kappa shape index (κ3) is 3.48. The number of anilines is 1. The van der Waals surface area contributed by atoms with Gasteiger partial charge in [0.15, 0.2) is 5.82 Å². The van der Waals surface area contributed by atoms with Crippen LogP contribution in [0.15, 0.2) is 44.9 Å². The van der Waals surface area contributed by atoms with E-state index in [9.17, 15) is 0 Å². The fourth-order valence-electron chi connectivity index (χ4n) is 5.11. The highest BCUT2D eigenvalue weighted by Crippen LogP contribution is 2.45. The molecule has 0 saturated carbocycles. The summed E-state index contributed by atoms with van der Waals surface area (Å²) in [4.78, 5) is 7.59. The van der Waals surface area contributed by atoms with Crippen molar-refractivity contribution in [2.24, 2.45) is 4.99 Å². The predicted octanol–water partition coefficient (Wildman–Crippen LogP) is 5.54. The van der Waals surface area contributed by atoms with E-state index in [1.54, 1.807) is 7.11 Å². The lowest BCUT2D eigenvalue weighted by molar-refractivity contribution is 0.102. The molecule has 0 fully saturated rings. The van der Waals surface area contributed by atoms with Crippen LogP contribution in [0.4, 0.5) is 5.69 Å². The van der Waals surface area contributed by atoms with Gasteiger partial charge in [-0.15, -0.1) is 0 Å². The summed E-state index contributed by atoms with van der Waals surface area (Å²) in [5.41, 5.74) is 6.27. The highest BCUT2D eigenvalue weighted by Gasteiger charge is 2.43. The Balaban J connectivity index is 1.86. The Morgan fingerprint density at radius 1 is 1.23 bits per heavy atom. The number of fused-ring (bicyclic) bond motifs is 2. The molecule has 0 saturated heterocycles. The average molecular weight is 473 g/mol.